The first-order valence-corrected chi connectivity index (χ1v) is 24.2. The highest BCUT2D eigenvalue weighted by Gasteiger charge is 2.23. The molecule has 0 aromatic heterocycles. The molecule has 0 aliphatic heterocycles. The maximum atomic E-state index is 12.5. The standard InChI is InChI=1S/C33H28N6O19S5/c40-29-18-26(33(42)43)30(38-35-20-3-7-22(8-4-20)60(46,47)16-14-58-63(54,55)56)32(41)31(29)39-37-28-12-11-27(24-10-9-23(17-25(24)28)61(48,49)50)36-34-19-1-5-21(6-2-19)59(44,45)15-13-57-62(51,52)53/h1-12,17-18,40-41H,13-16H2,(H,42,43)(H,48,49,50)(H,51,52,53)(H,54,55,56). The van der Waals surface area contributed by atoms with Crippen molar-refractivity contribution in [2.75, 3.05) is 24.7 Å². The van der Waals surface area contributed by atoms with Crippen LogP contribution >= 0.6 is 0 Å². The molecule has 5 aromatic rings. The van der Waals surface area contributed by atoms with E-state index in [0.29, 0.717) is 6.07 Å². The number of benzene rings is 5. The number of carboxylic acid groups (broad SMARTS) is 1. The minimum absolute atomic E-state index is 0.0451. The van der Waals surface area contributed by atoms with E-state index in [2.05, 4.69) is 39.1 Å². The van der Waals surface area contributed by atoms with Crippen molar-refractivity contribution in [3.05, 3.63) is 90.5 Å². The van der Waals surface area contributed by atoms with Crippen LogP contribution in [0.1, 0.15) is 10.4 Å². The number of hydrogen-bond acceptors (Lipinski definition) is 21. The van der Waals surface area contributed by atoms with Crippen LogP contribution in [-0.2, 0) is 59.0 Å². The van der Waals surface area contributed by atoms with Crippen molar-refractivity contribution >= 4 is 101 Å². The molecule has 30 heteroatoms. The highest BCUT2D eigenvalue weighted by atomic mass is 32.3. The Bertz CT molecular complexity index is 3270. The number of fused-ring (bicyclic) bond motifs is 1. The van der Waals surface area contributed by atoms with Gasteiger partial charge in [-0.15, -0.1) is 20.5 Å². The third-order valence-corrected chi connectivity index (χ3v) is 13.2. The highest BCUT2D eigenvalue weighted by molar-refractivity contribution is 7.91. The summed E-state index contributed by atoms with van der Waals surface area (Å²) in [6.07, 6.45) is 0. The summed E-state index contributed by atoms with van der Waals surface area (Å²) in [6.45, 7) is -1.73. The summed E-state index contributed by atoms with van der Waals surface area (Å²) in [6, 6.07) is 15.6. The van der Waals surface area contributed by atoms with Crippen molar-refractivity contribution in [1.82, 2.24) is 0 Å². The van der Waals surface area contributed by atoms with E-state index in [0.717, 1.165) is 48.5 Å². The summed E-state index contributed by atoms with van der Waals surface area (Å²) in [4.78, 5) is 10.9. The predicted octanol–water partition coefficient (Wildman–Crippen LogP) is 5.63. The number of aromatic hydroxyl groups is 2. The fourth-order valence-corrected chi connectivity index (χ4v) is 8.61. The van der Waals surface area contributed by atoms with E-state index in [4.69, 9.17) is 9.11 Å². The van der Waals surface area contributed by atoms with Gasteiger partial charge in [-0.3, -0.25) is 13.7 Å². The minimum Gasteiger partial charge on any atom is -0.505 e. The number of sulfone groups is 2. The average molecular weight is 973 g/mol. The van der Waals surface area contributed by atoms with Gasteiger partial charge in [0.1, 0.15) is 11.4 Å². The van der Waals surface area contributed by atoms with Gasteiger partial charge >= 0.3 is 26.8 Å². The minimum atomic E-state index is -4.89. The molecule has 0 bridgehead atoms. The van der Waals surface area contributed by atoms with Gasteiger partial charge in [-0.05, 0) is 78.9 Å². The van der Waals surface area contributed by atoms with Gasteiger partial charge in [0.05, 0.1) is 67.7 Å². The Morgan fingerprint density at radius 3 is 1.40 bits per heavy atom. The van der Waals surface area contributed by atoms with E-state index in [1.165, 1.54) is 30.3 Å². The number of phenolic OH excluding ortho intramolecular Hbond substituents is 2. The lowest BCUT2D eigenvalue weighted by atomic mass is 10.1. The predicted molar refractivity (Wildman–Crippen MR) is 215 cm³/mol. The number of carbonyl (C=O) groups is 1. The third kappa shape index (κ3) is 12.7. The number of hydrogen-bond donors (Lipinski definition) is 6. The van der Waals surface area contributed by atoms with Gasteiger partial charge in [0.25, 0.3) is 10.1 Å². The molecular formula is C33H28N6O19S5. The molecule has 0 atom stereocenters. The van der Waals surface area contributed by atoms with Crippen molar-refractivity contribution < 1.29 is 84.2 Å². The molecule has 334 valence electrons. The van der Waals surface area contributed by atoms with Crippen LogP contribution in [0.2, 0.25) is 0 Å². The van der Waals surface area contributed by atoms with Gasteiger partial charge in [0.15, 0.2) is 31.1 Å². The molecular weight excluding hydrogens is 945 g/mol. The molecule has 0 spiro atoms. The lowest BCUT2D eigenvalue weighted by Gasteiger charge is -2.09. The molecule has 25 nitrogen and oxygen atoms in total. The zero-order valence-electron chi connectivity index (χ0n) is 31.1. The van der Waals surface area contributed by atoms with Crippen molar-refractivity contribution in [3.8, 4) is 11.5 Å². The molecule has 0 aliphatic rings. The second kappa shape index (κ2) is 18.6. The highest BCUT2D eigenvalue weighted by Crippen LogP contribution is 2.47. The van der Waals surface area contributed by atoms with Gasteiger partial charge in [-0.1, -0.05) is 6.07 Å². The number of rotatable bonds is 18. The fourth-order valence-electron chi connectivity index (χ4n) is 5.13. The van der Waals surface area contributed by atoms with E-state index in [-0.39, 0.29) is 43.3 Å². The van der Waals surface area contributed by atoms with Gasteiger partial charge < -0.3 is 15.3 Å². The summed E-state index contributed by atoms with van der Waals surface area (Å²) in [5, 5.41) is 55.1. The van der Waals surface area contributed by atoms with E-state index in [9.17, 15) is 66.8 Å². The Kier molecular flexibility index (Phi) is 14.1. The molecule has 0 radical (unpaired) electrons. The second-order valence-electron chi connectivity index (χ2n) is 12.3. The van der Waals surface area contributed by atoms with Crippen LogP contribution < -0.4 is 0 Å². The van der Waals surface area contributed by atoms with Crippen molar-refractivity contribution in [3.63, 3.8) is 0 Å². The summed E-state index contributed by atoms with van der Waals surface area (Å²) in [5.74, 6) is -5.28. The lowest BCUT2D eigenvalue weighted by Crippen LogP contribution is -2.15. The molecule has 6 N–H and O–H groups in total. The zero-order chi connectivity index (χ0) is 46.5. The van der Waals surface area contributed by atoms with Crippen molar-refractivity contribution in [1.29, 1.82) is 0 Å². The molecule has 0 aliphatic carbocycles. The van der Waals surface area contributed by atoms with Gasteiger partial charge in [0, 0.05) is 10.8 Å². The molecule has 63 heavy (non-hydrogen) atoms. The average Bonchev–Trinajstić information content (AvgIpc) is 3.18. The van der Waals surface area contributed by atoms with Crippen LogP contribution in [0.25, 0.3) is 10.8 Å². The molecule has 0 saturated carbocycles. The van der Waals surface area contributed by atoms with Crippen molar-refractivity contribution in [2.24, 2.45) is 30.7 Å². The second-order valence-corrected chi connectivity index (χ2v) is 20.1. The SMILES string of the molecule is O=C(O)c1cc(O)c(N=Nc2ccc(N=Nc3ccc(S(=O)(=O)CCOS(=O)(=O)O)cc3)c3ccc(S(=O)(=O)O)cc23)c(O)c1N=Nc1ccc(S(=O)(=O)CCOS(=O)(=O)O)cc1. The molecule has 5 rings (SSSR count). The number of nitrogens with zero attached hydrogens (tertiary/aromatic N) is 6. The topological polar surface area (TPSA) is 402 Å². The Labute approximate surface area is 356 Å². The molecule has 5 aromatic carbocycles. The monoisotopic (exact) mass is 972 g/mol. The van der Waals surface area contributed by atoms with Gasteiger partial charge in [0.2, 0.25) is 0 Å². The van der Waals surface area contributed by atoms with Crippen LogP contribution in [-0.4, -0.2) is 102 Å². The number of carboxylic acids is 1. The smallest absolute Gasteiger partial charge is 0.397 e. The third-order valence-electron chi connectivity index (χ3n) is 8.05. The van der Waals surface area contributed by atoms with Crippen LogP contribution in [0.3, 0.4) is 0 Å². The molecule has 0 amide bonds. The summed E-state index contributed by atoms with van der Waals surface area (Å²) >= 11 is 0. The Balaban J connectivity index is 1.46. The largest absolute Gasteiger partial charge is 0.505 e. The molecule has 0 fully saturated rings. The Morgan fingerprint density at radius 2 is 0.937 bits per heavy atom. The molecule has 0 unspecified atom stereocenters. The zero-order valence-corrected chi connectivity index (χ0v) is 35.2. The number of phenols is 2. The number of aromatic carboxylic acids is 1. The van der Waals surface area contributed by atoms with Crippen LogP contribution in [0.5, 0.6) is 11.5 Å². The normalized spacial score (nSPS) is 13.1. The number of azo groups is 3. The Hall–Kier alpha value is -6.22. The van der Waals surface area contributed by atoms with Gasteiger partial charge in [-0.2, -0.15) is 35.5 Å². The fraction of sp³-hybridized carbons (Fsp3) is 0.121. The van der Waals surface area contributed by atoms with E-state index < -0.39 is 115 Å². The summed E-state index contributed by atoms with van der Waals surface area (Å²) < 4.78 is 152. The van der Waals surface area contributed by atoms with E-state index in [1.54, 1.807) is 0 Å². The van der Waals surface area contributed by atoms with E-state index in [1.807, 2.05) is 0 Å². The first-order chi connectivity index (χ1) is 29.2. The first kappa shape index (κ1) is 47.8. The lowest BCUT2D eigenvalue weighted by molar-refractivity contribution is 0.0696. The Morgan fingerprint density at radius 1 is 0.508 bits per heavy atom. The summed E-state index contributed by atoms with van der Waals surface area (Å²) in [7, 11) is -22.7. The summed E-state index contributed by atoms with van der Waals surface area (Å²) in [5.41, 5.74) is -2.33. The van der Waals surface area contributed by atoms with Crippen molar-refractivity contribution in [2.45, 2.75) is 14.7 Å². The van der Waals surface area contributed by atoms with Crippen LogP contribution in [0, 0.1) is 0 Å². The first-order valence-electron chi connectivity index (χ1n) is 16.8. The van der Waals surface area contributed by atoms with Gasteiger partial charge in [-0.25, -0.2) is 30.0 Å². The van der Waals surface area contributed by atoms with Crippen LogP contribution in [0.15, 0.2) is 130 Å². The molecule has 0 saturated heterocycles. The molecule has 0 heterocycles. The van der Waals surface area contributed by atoms with Crippen LogP contribution in [0.4, 0.5) is 34.1 Å². The maximum Gasteiger partial charge on any atom is 0.397 e. The maximum absolute atomic E-state index is 12.5. The quantitative estimate of drug-likeness (QED) is 0.0457. The van der Waals surface area contributed by atoms with E-state index >= 15 is 0 Å².